The smallest absolute Gasteiger partial charge is 0.216 e. The van der Waals surface area contributed by atoms with Gasteiger partial charge in [-0.3, -0.25) is 4.79 Å². The van der Waals surface area contributed by atoms with E-state index in [0.29, 0.717) is 5.92 Å². The number of amides is 1. The van der Waals surface area contributed by atoms with Crippen LogP contribution in [0.5, 0.6) is 0 Å². The molecule has 1 unspecified atom stereocenters. The molecular formula is C11H22N2O. The summed E-state index contributed by atoms with van der Waals surface area (Å²) in [4.78, 5) is 13.2. The van der Waals surface area contributed by atoms with Crippen molar-refractivity contribution in [3.05, 3.63) is 0 Å². The number of carbonyl (C=O) groups is 1. The monoisotopic (exact) mass is 198 g/mol. The third-order valence-electron chi connectivity index (χ3n) is 3.29. The zero-order chi connectivity index (χ0) is 10.8. The summed E-state index contributed by atoms with van der Waals surface area (Å²) in [6.07, 6.45) is 1.25. The van der Waals surface area contributed by atoms with Gasteiger partial charge >= 0.3 is 0 Å². The molecule has 1 fully saturated rings. The van der Waals surface area contributed by atoms with Crippen LogP contribution in [0.3, 0.4) is 0 Å². The lowest BCUT2D eigenvalue weighted by atomic mass is 9.78. The van der Waals surface area contributed by atoms with Gasteiger partial charge in [0.2, 0.25) is 5.91 Å². The molecule has 14 heavy (non-hydrogen) atoms. The van der Waals surface area contributed by atoms with Gasteiger partial charge in [-0.2, -0.15) is 0 Å². The molecule has 3 heteroatoms. The highest BCUT2D eigenvalue weighted by Crippen LogP contribution is 2.32. The summed E-state index contributed by atoms with van der Waals surface area (Å²) in [6, 6.07) is 0. The lowest BCUT2D eigenvalue weighted by Gasteiger charge is -2.31. The Labute approximate surface area is 86.9 Å². The van der Waals surface area contributed by atoms with Crippen molar-refractivity contribution in [2.45, 2.75) is 27.2 Å². The van der Waals surface area contributed by atoms with Gasteiger partial charge in [-0.25, -0.2) is 0 Å². The Bertz CT molecular complexity index is 213. The first-order chi connectivity index (χ1) is 6.42. The molecule has 0 saturated carbocycles. The Morgan fingerprint density at radius 1 is 1.57 bits per heavy atom. The number of likely N-dealkylation sites (tertiary alicyclic amines) is 1. The van der Waals surface area contributed by atoms with Crippen LogP contribution in [0.15, 0.2) is 0 Å². The molecular weight excluding hydrogens is 176 g/mol. The summed E-state index contributed by atoms with van der Waals surface area (Å²) in [6.45, 7) is 9.21. The van der Waals surface area contributed by atoms with E-state index in [1.807, 2.05) is 0 Å². The molecule has 1 aliphatic heterocycles. The van der Waals surface area contributed by atoms with E-state index in [9.17, 15) is 4.79 Å². The first kappa shape index (κ1) is 11.5. The number of rotatable bonds is 3. The SMILES string of the molecule is CC(=O)NCC(C)(C)C1CCN(C)C1. The van der Waals surface area contributed by atoms with Gasteiger partial charge in [-0.1, -0.05) is 13.8 Å². The average Bonchev–Trinajstić information content (AvgIpc) is 2.49. The van der Waals surface area contributed by atoms with Crippen LogP contribution in [0, 0.1) is 11.3 Å². The minimum atomic E-state index is 0.0735. The molecule has 1 saturated heterocycles. The van der Waals surface area contributed by atoms with E-state index in [1.54, 1.807) is 6.92 Å². The van der Waals surface area contributed by atoms with E-state index in [4.69, 9.17) is 0 Å². The van der Waals surface area contributed by atoms with E-state index in [0.717, 1.165) is 13.1 Å². The van der Waals surface area contributed by atoms with E-state index >= 15 is 0 Å². The second-order valence-electron chi connectivity index (χ2n) is 5.15. The van der Waals surface area contributed by atoms with Crippen LogP contribution >= 0.6 is 0 Å². The maximum absolute atomic E-state index is 10.8. The maximum Gasteiger partial charge on any atom is 0.216 e. The van der Waals surface area contributed by atoms with Gasteiger partial charge in [0.15, 0.2) is 0 Å². The molecule has 1 N–H and O–H groups in total. The Morgan fingerprint density at radius 2 is 2.21 bits per heavy atom. The molecule has 0 spiro atoms. The van der Waals surface area contributed by atoms with Gasteiger partial charge in [0, 0.05) is 20.0 Å². The lowest BCUT2D eigenvalue weighted by molar-refractivity contribution is -0.119. The highest BCUT2D eigenvalue weighted by atomic mass is 16.1. The van der Waals surface area contributed by atoms with Crippen LogP contribution in [0.1, 0.15) is 27.2 Å². The van der Waals surface area contributed by atoms with Crippen LogP contribution in [0.4, 0.5) is 0 Å². The van der Waals surface area contributed by atoms with Crippen molar-refractivity contribution in [2.75, 3.05) is 26.7 Å². The summed E-state index contributed by atoms with van der Waals surface area (Å²) in [5, 5.41) is 2.92. The van der Waals surface area contributed by atoms with E-state index in [1.165, 1.54) is 13.0 Å². The molecule has 0 aromatic carbocycles. The van der Waals surface area contributed by atoms with Crippen molar-refractivity contribution < 1.29 is 4.79 Å². The Kier molecular flexibility index (Phi) is 3.53. The molecule has 0 aliphatic carbocycles. The number of hydrogen-bond acceptors (Lipinski definition) is 2. The largest absolute Gasteiger partial charge is 0.356 e. The molecule has 1 rings (SSSR count). The highest BCUT2D eigenvalue weighted by molar-refractivity contribution is 5.72. The number of nitrogens with zero attached hydrogens (tertiary/aromatic N) is 1. The molecule has 0 bridgehead atoms. The predicted octanol–water partition coefficient (Wildman–Crippen LogP) is 1.10. The third-order valence-corrected chi connectivity index (χ3v) is 3.29. The van der Waals surface area contributed by atoms with Gasteiger partial charge in [-0.05, 0) is 31.3 Å². The molecule has 1 heterocycles. The van der Waals surface area contributed by atoms with Crippen molar-refractivity contribution in [3.8, 4) is 0 Å². The number of carbonyl (C=O) groups excluding carboxylic acids is 1. The van der Waals surface area contributed by atoms with Gasteiger partial charge in [0.05, 0.1) is 0 Å². The van der Waals surface area contributed by atoms with Crippen molar-refractivity contribution in [2.24, 2.45) is 11.3 Å². The summed E-state index contributed by atoms with van der Waals surface area (Å²) in [5.74, 6) is 0.781. The van der Waals surface area contributed by atoms with Crippen LogP contribution in [-0.4, -0.2) is 37.5 Å². The van der Waals surface area contributed by atoms with Crippen LogP contribution in [0.2, 0.25) is 0 Å². The summed E-state index contributed by atoms with van der Waals surface area (Å²) in [5.41, 5.74) is 0.219. The fourth-order valence-electron chi connectivity index (χ4n) is 2.07. The number of hydrogen-bond donors (Lipinski definition) is 1. The molecule has 1 atom stereocenters. The normalized spacial score (nSPS) is 23.9. The highest BCUT2D eigenvalue weighted by Gasteiger charge is 2.33. The second kappa shape index (κ2) is 4.30. The molecule has 0 radical (unpaired) electrons. The Hall–Kier alpha value is -0.570. The zero-order valence-corrected chi connectivity index (χ0v) is 9.76. The van der Waals surface area contributed by atoms with Crippen LogP contribution in [0.25, 0.3) is 0 Å². The minimum absolute atomic E-state index is 0.0735. The molecule has 1 amide bonds. The Balaban J connectivity index is 2.43. The first-order valence-corrected chi connectivity index (χ1v) is 5.35. The minimum Gasteiger partial charge on any atom is -0.356 e. The van der Waals surface area contributed by atoms with E-state index in [2.05, 4.69) is 31.1 Å². The standard InChI is InChI=1S/C11H22N2O/c1-9(14)12-8-11(2,3)10-5-6-13(4)7-10/h10H,5-8H2,1-4H3,(H,12,14). The molecule has 1 aliphatic rings. The molecule has 0 aromatic heterocycles. The summed E-state index contributed by atoms with van der Waals surface area (Å²) >= 11 is 0. The molecule has 82 valence electrons. The van der Waals surface area contributed by atoms with Crippen molar-refractivity contribution >= 4 is 5.91 Å². The van der Waals surface area contributed by atoms with Gasteiger partial charge in [0.1, 0.15) is 0 Å². The van der Waals surface area contributed by atoms with Crippen molar-refractivity contribution in [1.29, 1.82) is 0 Å². The van der Waals surface area contributed by atoms with Crippen molar-refractivity contribution in [1.82, 2.24) is 10.2 Å². The third kappa shape index (κ3) is 2.98. The van der Waals surface area contributed by atoms with Crippen molar-refractivity contribution in [3.63, 3.8) is 0 Å². The molecule has 3 nitrogen and oxygen atoms in total. The maximum atomic E-state index is 10.8. The number of nitrogens with one attached hydrogen (secondary N) is 1. The van der Waals surface area contributed by atoms with E-state index in [-0.39, 0.29) is 11.3 Å². The fourth-order valence-corrected chi connectivity index (χ4v) is 2.07. The lowest BCUT2D eigenvalue weighted by Crippen LogP contribution is -2.38. The van der Waals surface area contributed by atoms with Gasteiger partial charge < -0.3 is 10.2 Å². The van der Waals surface area contributed by atoms with E-state index < -0.39 is 0 Å². The summed E-state index contributed by atoms with van der Waals surface area (Å²) in [7, 11) is 2.16. The quantitative estimate of drug-likeness (QED) is 0.736. The van der Waals surface area contributed by atoms with Crippen LogP contribution < -0.4 is 5.32 Å². The Morgan fingerprint density at radius 3 is 2.64 bits per heavy atom. The van der Waals surface area contributed by atoms with Crippen LogP contribution in [-0.2, 0) is 4.79 Å². The zero-order valence-electron chi connectivity index (χ0n) is 9.76. The predicted molar refractivity (Wildman–Crippen MR) is 58.1 cm³/mol. The topological polar surface area (TPSA) is 32.3 Å². The summed E-state index contributed by atoms with van der Waals surface area (Å²) < 4.78 is 0. The van der Waals surface area contributed by atoms with Gasteiger partial charge in [-0.15, -0.1) is 0 Å². The molecule has 0 aromatic rings. The second-order valence-corrected chi connectivity index (χ2v) is 5.15. The van der Waals surface area contributed by atoms with Gasteiger partial charge in [0.25, 0.3) is 0 Å². The fraction of sp³-hybridized carbons (Fsp3) is 0.909. The first-order valence-electron chi connectivity index (χ1n) is 5.35. The average molecular weight is 198 g/mol.